The van der Waals surface area contributed by atoms with E-state index < -0.39 is 0 Å². The van der Waals surface area contributed by atoms with Crippen molar-refractivity contribution >= 4 is 23.1 Å². The molecule has 2 aliphatic heterocycles. The molecule has 2 aromatic carbocycles. The van der Waals surface area contributed by atoms with Crippen molar-refractivity contribution in [2.75, 3.05) is 18.4 Å². The normalized spacial score (nSPS) is 16.4. The molecule has 152 valence electrons. The van der Waals surface area contributed by atoms with E-state index in [0.717, 1.165) is 66.1 Å². The second-order valence-electron chi connectivity index (χ2n) is 8.53. The van der Waals surface area contributed by atoms with E-state index in [1.54, 1.807) is 0 Å². The molecule has 0 spiro atoms. The van der Waals surface area contributed by atoms with Crippen LogP contribution in [0.5, 0.6) is 11.5 Å². The fraction of sp³-hybridized carbons (Fsp3) is 0.417. The first-order valence-electron chi connectivity index (χ1n) is 10.5. The number of nitrogens with zero attached hydrogens (tertiary/aromatic N) is 2. The van der Waals surface area contributed by atoms with Gasteiger partial charge in [-0.1, -0.05) is 32.9 Å². The Morgan fingerprint density at radius 2 is 1.93 bits per heavy atom. The van der Waals surface area contributed by atoms with Gasteiger partial charge < -0.3 is 15.0 Å². The molecule has 4 rings (SSSR count). The van der Waals surface area contributed by atoms with Gasteiger partial charge in [0.15, 0.2) is 5.75 Å². The first-order chi connectivity index (χ1) is 14.0. The van der Waals surface area contributed by atoms with E-state index in [0.29, 0.717) is 12.3 Å². The molecule has 2 aromatic rings. The summed E-state index contributed by atoms with van der Waals surface area (Å²) in [6.45, 7) is 8.35. The molecule has 2 heterocycles. The van der Waals surface area contributed by atoms with Crippen LogP contribution < -0.4 is 10.1 Å². The predicted molar refractivity (Wildman–Crippen MR) is 117 cm³/mol. The second-order valence-corrected chi connectivity index (χ2v) is 8.53. The summed E-state index contributed by atoms with van der Waals surface area (Å²) in [4.78, 5) is 19.6. The van der Waals surface area contributed by atoms with Crippen LogP contribution in [0.4, 0.5) is 11.4 Å². The van der Waals surface area contributed by atoms with Gasteiger partial charge in [-0.2, -0.15) is 0 Å². The van der Waals surface area contributed by atoms with E-state index in [2.05, 4.69) is 17.1 Å². The van der Waals surface area contributed by atoms with Gasteiger partial charge in [-0.05, 0) is 55.0 Å². The van der Waals surface area contributed by atoms with Crippen LogP contribution in [0.2, 0.25) is 0 Å². The smallest absolute Gasteiger partial charge is 0.224 e. The van der Waals surface area contributed by atoms with Gasteiger partial charge in [0, 0.05) is 25.2 Å². The zero-order chi connectivity index (χ0) is 20.4. The fourth-order valence-electron chi connectivity index (χ4n) is 3.84. The van der Waals surface area contributed by atoms with Crippen molar-refractivity contribution < 1.29 is 9.53 Å². The van der Waals surface area contributed by atoms with E-state index in [9.17, 15) is 4.79 Å². The van der Waals surface area contributed by atoms with Gasteiger partial charge in [0.05, 0.1) is 5.56 Å². The van der Waals surface area contributed by atoms with Crippen molar-refractivity contribution in [3.8, 4) is 11.5 Å². The van der Waals surface area contributed by atoms with Gasteiger partial charge >= 0.3 is 0 Å². The highest BCUT2D eigenvalue weighted by Gasteiger charge is 2.26. The van der Waals surface area contributed by atoms with Crippen LogP contribution in [-0.2, 0) is 4.79 Å². The number of aliphatic imine (C=N–C) groups is 1. The third-order valence-electron chi connectivity index (χ3n) is 5.49. The highest BCUT2D eigenvalue weighted by Crippen LogP contribution is 2.39. The average Bonchev–Trinajstić information content (AvgIpc) is 2.84. The van der Waals surface area contributed by atoms with Crippen molar-refractivity contribution in [2.24, 2.45) is 16.8 Å². The molecule has 5 nitrogen and oxygen atoms in total. The van der Waals surface area contributed by atoms with E-state index >= 15 is 0 Å². The number of anilines is 1. The maximum atomic E-state index is 12.3. The maximum absolute atomic E-state index is 12.3. The molecule has 1 amide bonds. The molecule has 0 radical (unpaired) electrons. The lowest BCUT2D eigenvalue weighted by Gasteiger charge is -2.33. The Morgan fingerprint density at radius 3 is 2.69 bits per heavy atom. The van der Waals surface area contributed by atoms with Crippen molar-refractivity contribution in [2.45, 2.75) is 40.0 Å². The lowest BCUT2D eigenvalue weighted by atomic mass is 9.98. The minimum Gasteiger partial charge on any atom is -0.454 e. The Hall–Kier alpha value is -2.82. The van der Waals surface area contributed by atoms with Gasteiger partial charge in [0.25, 0.3) is 0 Å². The van der Waals surface area contributed by atoms with Crippen LogP contribution in [-0.4, -0.2) is 29.7 Å². The average molecular weight is 392 g/mol. The Bertz CT molecular complexity index is 927. The van der Waals surface area contributed by atoms with Crippen molar-refractivity contribution in [1.82, 2.24) is 4.90 Å². The first kappa shape index (κ1) is 19.5. The molecule has 0 saturated carbocycles. The minimum absolute atomic E-state index is 0.0306. The number of piperidine rings is 1. The lowest BCUT2D eigenvalue weighted by molar-refractivity contribution is -0.116. The summed E-state index contributed by atoms with van der Waals surface area (Å²) in [5, 5.41) is 3.03. The summed E-state index contributed by atoms with van der Waals surface area (Å²) >= 11 is 0. The molecule has 1 saturated heterocycles. The molecule has 0 aromatic heterocycles. The number of amides is 1. The first-order valence-corrected chi connectivity index (χ1v) is 10.5. The van der Waals surface area contributed by atoms with Crippen LogP contribution in [0.25, 0.3) is 0 Å². The third-order valence-corrected chi connectivity index (χ3v) is 5.49. The number of para-hydroxylation sites is 2. The highest BCUT2D eigenvalue weighted by atomic mass is 16.5. The Kier molecular flexibility index (Phi) is 5.56. The molecule has 1 N–H and O–H groups in total. The molecule has 0 unspecified atom stereocenters. The third kappa shape index (κ3) is 4.44. The lowest BCUT2D eigenvalue weighted by Crippen LogP contribution is -2.38. The monoisotopic (exact) mass is 391 g/mol. The Morgan fingerprint density at radius 1 is 1.17 bits per heavy atom. The van der Waals surface area contributed by atoms with Gasteiger partial charge in [-0.25, -0.2) is 4.99 Å². The standard InChI is InChI=1S/C24H29N3O2/c1-16(2)14-23(28)25-18-8-9-21-19(15-18)24(27-12-10-17(3)11-13-27)26-20-6-4-5-7-22(20)29-21/h4-9,15-17H,10-14H2,1-3H3,(H,25,28). The largest absolute Gasteiger partial charge is 0.454 e. The Balaban J connectivity index is 1.72. The summed E-state index contributed by atoms with van der Waals surface area (Å²) in [6, 6.07) is 13.7. The zero-order valence-corrected chi connectivity index (χ0v) is 17.4. The van der Waals surface area contributed by atoms with Gasteiger partial charge in [-0.3, -0.25) is 4.79 Å². The number of rotatable bonds is 3. The molecule has 29 heavy (non-hydrogen) atoms. The number of carbonyl (C=O) groups is 1. The molecular weight excluding hydrogens is 362 g/mol. The van der Waals surface area contributed by atoms with Crippen LogP contribution in [0.15, 0.2) is 47.5 Å². The number of ether oxygens (including phenoxy) is 1. The molecule has 0 atom stereocenters. The maximum Gasteiger partial charge on any atom is 0.224 e. The molecule has 0 aliphatic carbocycles. The van der Waals surface area contributed by atoms with Gasteiger partial charge in [0.1, 0.15) is 17.3 Å². The quantitative estimate of drug-likeness (QED) is 0.742. The van der Waals surface area contributed by atoms with Crippen LogP contribution in [0.3, 0.4) is 0 Å². The number of benzene rings is 2. The molecule has 1 fully saturated rings. The number of fused-ring (bicyclic) bond motifs is 2. The minimum atomic E-state index is 0.0306. The van der Waals surface area contributed by atoms with Crippen LogP contribution >= 0.6 is 0 Å². The SMILES string of the molecule is CC(C)CC(=O)Nc1ccc2c(c1)C(N1CCC(C)CC1)=Nc1ccccc1O2. The number of carbonyl (C=O) groups excluding carboxylic acids is 1. The van der Waals surface area contributed by atoms with E-state index in [1.807, 2.05) is 56.3 Å². The summed E-state index contributed by atoms with van der Waals surface area (Å²) in [6.07, 6.45) is 2.81. The van der Waals surface area contributed by atoms with Crippen molar-refractivity contribution in [1.29, 1.82) is 0 Å². The highest BCUT2D eigenvalue weighted by molar-refractivity contribution is 6.05. The van der Waals surface area contributed by atoms with E-state index in [1.165, 1.54) is 0 Å². The topological polar surface area (TPSA) is 53.9 Å². The number of nitrogens with one attached hydrogen (secondary N) is 1. The molecule has 5 heteroatoms. The number of hydrogen-bond acceptors (Lipinski definition) is 4. The summed E-state index contributed by atoms with van der Waals surface area (Å²) in [5.74, 6) is 3.54. The second kappa shape index (κ2) is 8.27. The van der Waals surface area contributed by atoms with E-state index in [4.69, 9.17) is 9.73 Å². The zero-order valence-electron chi connectivity index (χ0n) is 17.4. The summed E-state index contributed by atoms with van der Waals surface area (Å²) < 4.78 is 6.22. The number of amidine groups is 1. The van der Waals surface area contributed by atoms with Crippen molar-refractivity contribution in [3.63, 3.8) is 0 Å². The molecule has 0 bridgehead atoms. The van der Waals surface area contributed by atoms with Crippen molar-refractivity contribution in [3.05, 3.63) is 48.0 Å². The van der Waals surface area contributed by atoms with Crippen LogP contribution in [0.1, 0.15) is 45.6 Å². The number of hydrogen-bond donors (Lipinski definition) is 1. The summed E-state index contributed by atoms with van der Waals surface area (Å²) in [5.41, 5.74) is 2.54. The Labute approximate surface area is 172 Å². The fourth-order valence-corrected chi connectivity index (χ4v) is 3.84. The van der Waals surface area contributed by atoms with Gasteiger partial charge in [-0.15, -0.1) is 0 Å². The molecular formula is C24H29N3O2. The molecule has 2 aliphatic rings. The van der Waals surface area contributed by atoms with Gasteiger partial charge in [0.2, 0.25) is 5.91 Å². The predicted octanol–water partition coefficient (Wildman–Crippen LogP) is 5.59. The van der Waals surface area contributed by atoms with E-state index in [-0.39, 0.29) is 5.91 Å². The number of likely N-dealkylation sites (tertiary alicyclic amines) is 1. The van der Waals surface area contributed by atoms with Crippen LogP contribution in [0, 0.1) is 11.8 Å². The summed E-state index contributed by atoms with van der Waals surface area (Å²) in [7, 11) is 0.